The van der Waals surface area contributed by atoms with Gasteiger partial charge in [0.2, 0.25) is 5.91 Å². The number of rotatable bonds is 2. The van der Waals surface area contributed by atoms with Crippen molar-refractivity contribution >= 4 is 5.91 Å². The SMILES string of the molecule is O=C(CN1CC(O)C(O)C1)N1CCOCC1. The average Bonchev–Trinajstić information content (AvgIpc) is 2.59. The lowest BCUT2D eigenvalue weighted by molar-refractivity contribution is -0.136. The number of carbonyl (C=O) groups is 1. The highest BCUT2D eigenvalue weighted by atomic mass is 16.5. The smallest absolute Gasteiger partial charge is 0.236 e. The predicted octanol–water partition coefficient (Wildman–Crippen LogP) is -2.12. The van der Waals surface area contributed by atoms with Crippen molar-refractivity contribution in [1.29, 1.82) is 0 Å². The molecule has 0 aliphatic carbocycles. The number of β-amino-alcohol motifs (C(OH)–C–C–N with tert-alkyl or cyclic N) is 2. The zero-order valence-electron chi connectivity index (χ0n) is 9.21. The van der Waals surface area contributed by atoms with Crippen molar-refractivity contribution < 1.29 is 19.7 Å². The Labute approximate surface area is 94.4 Å². The summed E-state index contributed by atoms with van der Waals surface area (Å²) in [6, 6.07) is 0. The van der Waals surface area contributed by atoms with Crippen LogP contribution >= 0.6 is 0 Å². The van der Waals surface area contributed by atoms with Gasteiger partial charge in [0.15, 0.2) is 0 Å². The Morgan fingerprint density at radius 1 is 1.19 bits per heavy atom. The van der Waals surface area contributed by atoms with Crippen LogP contribution in [0.3, 0.4) is 0 Å². The van der Waals surface area contributed by atoms with Crippen LogP contribution < -0.4 is 0 Å². The van der Waals surface area contributed by atoms with Crippen molar-refractivity contribution in [2.45, 2.75) is 12.2 Å². The number of nitrogens with zero attached hydrogens (tertiary/aromatic N) is 2. The van der Waals surface area contributed by atoms with Crippen LogP contribution in [-0.4, -0.2) is 84.1 Å². The third kappa shape index (κ3) is 2.70. The van der Waals surface area contributed by atoms with E-state index in [4.69, 9.17) is 4.74 Å². The van der Waals surface area contributed by atoms with Gasteiger partial charge in [-0.1, -0.05) is 0 Å². The van der Waals surface area contributed by atoms with E-state index >= 15 is 0 Å². The molecular weight excluding hydrogens is 212 g/mol. The van der Waals surface area contributed by atoms with Crippen molar-refractivity contribution in [2.24, 2.45) is 0 Å². The maximum atomic E-state index is 11.8. The van der Waals surface area contributed by atoms with E-state index in [2.05, 4.69) is 0 Å². The molecule has 2 atom stereocenters. The fraction of sp³-hybridized carbons (Fsp3) is 0.900. The third-order valence-electron chi connectivity index (χ3n) is 3.06. The molecule has 6 nitrogen and oxygen atoms in total. The van der Waals surface area contributed by atoms with Crippen molar-refractivity contribution in [2.75, 3.05) is 45.9 Å². The van der Waals surface area contributed by atoms with Gasteiger partial charge in [-0.05, 0) is 0 Å². The molecule has 16 heavy (non-hydrogen) atoms. The first kappa shape index (κ1) is 11.8. The second-order valence-electron chi connectivity index (χ2n) is 4.32. The summed E-state index contributed by atoms with van der Waals surface area (Å²) >= 11 is 0. The highest BCUT2D eigenvalue weighted by molar-refractivity contribution is 5.78. The van der Waals surface area contributed by atoms with E-state index in [1.54, 1.807) is 9.80 Å². The van der Waals surface area contributed by atoms with E-state index in [0.29, 0.717) is 39.4 Å². The van der Waals surface area contributed by atoms with E-state index in [1.807, 2.05) is 0 Å². The summed E-state index contributed by atoms with van der Waals surface area (Å²) in [5.41, 5.74) is 0. The largest absolute Gasteiger partial charge is 0.389 e. The predicted molar refractivity (Wildman–Crippen MR) is 55.9 cm³/mol. The molecular formula is C10H18N2O4. The van der Waals surface area contributed by atoms with Gasteiger partial charge in [0, 0.05) is 26.2 Å². The van der Waals surface area contributed by atoms with E-state index in [9.17, 15) is 15.0 Å². The normalized spacial score (nSPS) is 32.0. The first-order valence-corrected chi connectivity index (χ1v) is 5.61. The summed E-state index contributed by atoms with van der Waals surface area (Å²) in [6.45, 7) is 3.48. The molecule has 0 radical (unpaired) electrons. The molecule has 2 unspecified atom stereocenters. The van der Waals surface area contributed by atoms with Crippen molar-refractivity contribution in [3.8, 4) is 0 Å². The molecule has 1 amide bonds. The number of hydrogen-bond acceptors (Lipinski definition) is 5. The number of morpholine rings is 1. The van der Waals surface area contributed by atoms with Crippen LogP contribution in [-0.2, 0) is 9.53 Å². The lowest BCUT2D eigenvalue weighted by Crippen LogP contribution is -2.45. The lowest BCUT2D eigenvalue weighted by Gasteiger charge is -2.28. The Hall–Kier alpha value is -0.690. The number of hydrogen-bond donors (Lipinski definition) is 2. The molecule has 2 aliphatic heterocycles. The molecule has 0 aromatic rings. The van der Waals surface area contributed by atoms with Gasteiger partial charge in [0.05, 0.1) is 32.0 Å². The van der Waals surface area contributed by atoms with Gasteiger partial charge >= 0.3 is 0 Å². The van der Waals surface area contributed by atoms with Gasteiger partial charge < -0.3 is 19.8 Å². The minimum Gasteiger partial charge on any atom is -0.389 e. The maximum absolute atomic E-state index is 11.8. The Kier molecular flexibility index (Phi) is 3.75. The van der Waals surface area contributed by atoms with Gasteiger partial charge in [-0.3, -0.25) is 9.69 Å². The maximum Gasteiger partial charge on any atom is 0.236 e. The fourth-order valence-electron chi connectivity index (χ4n) is 2.08. The Bertz CT molecular complexity index is 245. The van der Waals surface area contributed by atoms with Crippen LogP contribution in [0.1, 0.15) is 0 Å². The average molecular weight is 230 g/mol. The van der Waals surface area contributed by atoms with E-state index in [0.717, 1.165) is 0 Å². The quantitative estimate of drug-likeness (QED) is 0.567. The highest BCUT2D eigenvalue weighted by Crippen LogP contribution is 2.10. The topological polar surface area (TPSA) is 73.2 Å². The Balaban J connectivity index is 1.78. The monoisotopic (exact) mass is 230 g/mol. The van der Waals surface area contributed by atoms with Gasteiger partial charge in [0.1, 0.15) is 0 Å². The van der Waals surface area contributed by atoms with Crippen LogP contribution in [0.4, 0.5) is 0 Å². The van der Waals surface area contributed by atoms with Gasteiger partial charge in [0.25, 0.3) is 0 Å². The molecule has 0 bridgehead atoms. The molecule has 2 rings (SSSR count). The minimum atomic E-state index is -0.725. The third-order valence-corrected chi connectivity index (χ3v) is 3.06. The number of carbonyl (C=O) groups excluding carboxylic acids is 1. The second kappa shape index (κ2) is 5.09. The van der Waals surface area contributed by atoms with Crippen LogP contribution in [0.15, 0.2) is 0 Å². The zero-order valence-corrected chi connectivity index (χ0v) is 9.21. The number of aliphatic hydroxyl groups excluding tert-OH is 2. The summed E-state index contributed by atoms with van der Waals surface area (Å²) < 4.78 is 5.17. The van der Waals surface area contributed by atoms with Gasteiger partial charge in [-0.15, -0.1) is 0 Å². The van der Waals surface area contributed by atoms with Crippen molar-refractivity contribution in [3.05, 3.63) is 0 Å². The number of amides is 1. The lowest BCUT2D eigenvalue weighted by atomic mass is 10.3. The number of aliphatic hydroxyl groups is 2. The van der Waals surface area contributed by atoms with E-state index in [-0.39, 0.29) is 12.5 Å². The highest BCUT2D eigenvalue weighted by Gasteiger charge is 2.31. The standard InChI is InChI=1S/C10H18N2O4/c13-8-5-11(6-9(8)14)7-10(15)12-1-3-16-4-2-12/h8-9,13-14H,1-7H2. The minimum absolute atomic E-state index is 0.0459. The molecule has 0 aromatic heterocycles. The Morgan fingerprint density at radius 3 is 2.31 bits per heavy atom. The molecule has 6 heteroatoms. The summed E-state index contributed by atoms with van der Waals surface area (Å²) in [5.74, 6) is 0.0459. The van der Waals surface area contributed by atoms with Crippen LogP contribution in [0.25, 0.3) is 0 Å². The van der Waals surface area contributed by atoms with Crippen LogP contribution in [0.2, 0.25) is 0 Å². The Morgan fingerprint density at radius 2 is 1.75 bits per heavy atom. The van der Waals surface area contributed by atoms with Crippen LogP contribution in [0, 0.1) is 0 Å². The molecule has 2 saturated heterocycles. The van der Waals surface area contributed by atoms with Gasteiger partial charge in [-0.25, -0.2) is 0 Å². The van der Waals surface area contributed by atoms with Crippen molar-refractivity contribution in [3.63, 3.8) is 0 Å². The molecule has 2 aliphatic rings. The van der Waals surface area contributed by atoms with Crippen LogP contribution in [0.5, 0.6) is 0 Å². The van der Waals surface area contributed by atoms with Gasteiger partial charge in [-0.2, -0.15) is 0 Å². The first-order valence-electron chi connectivity index (χ1n) is 5.61. The second-order valence-corrected chi connectivity index (χ2v) is 4.32. The first-order chi connectivity index (χ1) is 7.66. The molecule has 2 heterocycles. The van der Waals surface area contributed by atoms with E-state index < -0.39 is 12.2 Å². The molecule has 92 valence electrons. The van der Waals surface area contributed by atoms with E-state index in [1.165, 1.54) is 0 Å². The summed E-state index contributed by atoms with van der Waals surface area (Å²) in [4.78, 5) is 15.4. The zero-order chi connectivity index (χ0) is 11.5. The molecule has 2 fully saturated rings. The summed E-state index contributed by atoms with van der Waals surface area (Å²) in [7, 11) is 0. The molecule has 2 N–H and O–H groups in total. The fourth-order valence-corrected chi connectivity index (χ4v) is 2.08. The molecule has 0 saturated carbocycles. The molecule has 0 aromatic carbocycles. The number of ether oxygens (including phenoxy) is 1. The molecule has 0 spiro atoms. The summed E-state index contributed by atoms with van der Waals surface area (Å²) in [6.07, 6.45) is -1.45. The van der Waals surface area contributed by atoms with Crippen molar-refractivity contribution in [1.82, 2.24) is 9.80 Å². The number of likely N-dealkylation sites (tertiary alicyclic amines) is 1. The summed E-state index contributed by atoms with van der Waals surface area (Å²) in [5, 5.41) is 18.7.